The van der Waals surface area contributed by atoms with Gasteiger partial charge < -0.3 is 20.4 Å². The number of anilines is 1. The molecule has 1 aromatic carbocycles. The van der Waals surface area contributed by atoms with Gasteiger partial charge in [-0.15, -0.1) is 11.8 Å². The number of rotatable bonds is 12. The van der Waals surface area contributed by atoms with Crippen molar-refractivity contribution in [3.05, 3.63) is 24.3 Å². The lowest BCUT2D eigenvalue weighted by Crippen LogP contribution is -2.60. The molecule has 2 N–H and O–H groups in total. The Labute approximate surface area is 215 Å². The molecule has 1 aromatic rings. The van der Waals surface area contributed by atoms with Crippen molar-refractivity contribution >= 4 is 35.3 Å². The summed E-state index contributed by atoms with van der Waals surface area (Å²) in [6.45, 7) is 9.73. The van der Waals surface area contributed by atoms with E-state index in [0.717, 1.165) is 24.2 Å². The van der Waals surface area contributed by atoms with Crippen molar-refractivity contribution in [2.24, 2.45) is 5.92 Å². The maximum Gasteiger partial charge on any atom is 0.319 e. The summed E-state index contributed by atoms with van der Waals surface area (Å²) in [6, 6.07) is 6.58. The number of nitrogens with zero attached hydrogens (tertiary/aromatic N) is 2. The number of urea groups is 1. The van der Waals surface area contributed by atoms with Gasteiger partial charge in [-0.3, -0.25) is 9.59 Å². The summed E-state index contributed by atoms with van der Waals surface area (Å²) in [5.74, 6) is 0.0977. The first-order valence-corrected chi connectivity index (χ1v) is 14.3. The Bertz CT molecular complexity index is 817. The molecule has 0 spiro atoms. The zero-order chi connectivity index (χ0) is 25.8. The number of carbonyl (C=O) groups is 3. The van der Waals surface area contributed by atoms with Gasteiger partial charge in [0.25, 0.3) is 0 Å². The van der Waals surface area contributed by atoms with Gasteiger partial charge in [-0.1, -0.05) is 52.9 Å². The Morgan fingerprint density at radius 3 is 2.34 bits per heavy atom. The molecule has 1 aliphatic heterocycles. The number of hydrogen-bond donors (Lipinski definition) is 2. The molecule has 35 heavy (non-hydrogen) atoms. The van der Waals surface area contributed by atoms with E-state index in [1.54, 1.807) is 16.7 Å². The third-order valence-corrected chi connectivity index (χ3v) is 7.61. The fraction of sp³-hybridized carbons (Fsp3) is 0.667. The summed E-state index contributed by atoms with van der Waals surface area (Å²) in [7, 11) is 0. The number of amides is 4. The number of benzene rings is 1. The van der Waals surface area contributed by atoms with Crippen LogP contribution in [0.4, 0.5) is 10.5 Å². The van der Waals surface area contributed by atoms with E-state index >= 15 is 0 Å². The minimum Gasteiger partial charge on any atom is -0.337 e. The number of nitrogens with one attached hydrogen (secondary N) is 2. The van der Waals surface area contributed by atoms with Crippen LogP contribution in [0.15, 0.2) is 29.2 Å². The average Bonchev–Trinajstić information content (AvgIpc) is 2.86. The van der Waals surface area contributed by atoms with Crippen molar-refractivity contribution in [2.45, 2.75) is 89.6 Å². The van der Waals surface area contributed by atoms with Crippen LogP contribution in [-0.4, -0.2) is 65.6 Å². The molecule has 3 atom stereocenters. The molecular formula is C27H44N4O3S. The molecule has 0 aromatic heterocycles. The highest BCUT2D eigenvalue weighted by Gasteiger charge is 2.35. The van der Waals surface area contributed by atoms with Gasteiger partial charge in [-0.25, -0.2) is 4.79 Å². The summed E-state index contributed by atoms with van der Waals surface area (Å²) in [5.41, 5.74) is 0.686. The fourth-order valence-corrected chi connectivity index (χ4v) is 4.82. The van der Waals surface area contributed by atoms with Crippen LogP contribution in [0, 0.1) is 5.92 Å². The van der Waals surface area contributed by atoms with E-state index in [0.29, 0.717) is 31.7 Å². The Hall–Kier alpha value is -2.22. The molecule has 196 valence electrons. The number of carbonyl (C=O) groups excluding carboxylic acids is 3. The molecule has 1 aliphatic rings. The predicted molar refractivity (Wildman–Crippen MR) is 145 cm³/mol. The molecule has 8 heteroatoms. The second kappa shape index (κ2) is 15.0. The first kappa shape index (κ1) is 29.0. The smallest absolute Gasteiger partial charge is 0.319 e. The number of piperazine rings is 1. The first-order chi connectivity index (χ1) is 16.8. The van der Waals surface area contributed by atoms with E-state index in [1.807, 2.05) is 56.2 Å². The molecule has 0 radical (unpaired) electrons. The monoisotopic (exact) mass is 504 g/mol. The number of unbranched alkanes of at least 4 members (excludes halogenated alkanes) is 4. The van der Waals surface area contributed by atoms with Crippen LogP contribution in [0.25, 0.3) is 0 Å². The van der Waals surface area contributed by atoms with E-state index in [-0.39, 0.29) is 29.8 Å². The van der Waals surface area contributed by atoms with Crippen molar-refractivity contribution in [1.29, 1.82) is 0 Å². The van der Waals surface area contributed by atoms with Gasteiger partial charge in [0, 0.05) is 42.7 Å². The van der Waals surface area contributed by atoms with Gasteiger partial charge in [0.1, 0.15) is 6.04 Å². The first-order valence-electron chi connectivity index (χ1n) is 13.1. The summed E-state index contributed by atoms with van der Waals surface area (Å²) < 4.78 is 0. The maximum atomic E-state index is 13.4. The third kappa shape index (κ3) is 9.06. The molecule has 7 nitrogen and oxygen atoms in total. The summed E-state index contributed by atoms with van der Waals surface area (Å²) in [6.07, 6.45) is 8.98. The molecule has 3 unspecified atom stereocenters. The van der Waals surface area contributed by atoms with Crippen molar-refractivity contribution in [3.63, 3.8) is 0 Å². The molecule has 0 aliphatic carbocycles. The van der Waals surface area contributed by atoms with Crippen LogP contribution in [0.2, 0.25) is 0 Å². The number of thioether (sulfide) groups is 1. The molecular weight excluding hydrogens is 460 g/mol. The van der Waals surface area contributed by atoms with E-state index in [2.05, 4.69) is 17.6 Å². The topological polar surface area (TPSA) is 81.8 Å². The zero-order valence-electron chi connectivity index (χ0n) is 22.1. The molecule has 0 bridgehead atoms. The van der Waals surface area contributed by atoms with Crippen LogP contribution < -0.4 is 10.6 Å². The normalized spacial score (nSPS) is 17.6. The standard InChI is InChI=1S/C27H44N4O3S/c1-6-8-9-10-11-12-24(32)31-18-17-30(19-21(31)4)26(33)25(20(3)7-2)29-27(34)28-22-13-15-23(35-5)16-14-22/h13-16,20-21,25H,6-12,17-19H2,1-5H3,(H2,28,29,34). The Balaban J connectivity index is 1.92. The minimum atomic E-state index is -0.613. The quantitative estimate of drug-likeness (QED) is 0.296. The van der Waals surface area contributed by atoms with E-state index < -0.39 is 6.04 Å². The highest BCUT2D eigenvalue weighted by molar-refractivity contribution is 7.98. The summed E-state index contributed by atoms with van der Waals surface area (Å²) in [5, 5.41) is 5.75. The van der Waals surface area contributed by atoms with Crippen molar-refractivity contribution in [3.8, 4) is 0 Å². The fourth-order valence-electron chi connectivity index (χ4n) is 4.41. The Kier molecular flexibility index (Phi) is 12.4. The van der Waals surface area contributed by atoms with Crippen LogP contribution in [-0.2, 0) is 9.59 Å². The highest BCUT2D eigenvalue weighted by Crippen LogP contribution is 2.19. The highest BCUT2D eigenvalue weighted by atomic mass is 32.2. The molecule has 1 saturated heterocycles. The Morgan fingerprint density at radius 1 is 1.06 bits per heavy atom. The third-order valence-electron chi connectivity index (χ3n) is 6.87. The van der Waals surface area contributed by atoms with Gasteiger partial charge >= 0.3 is 6.03 Å². The lowest BCUT2D eigenvalue weighted by Gasteiger charge is -2.41. The van der Waals surface area contributed by atoms with E-state index in [9.17, 15) is 14.4 Å². The second-order valence-corrected chi connectivity index (χ2v) is 10.5. The van der Waals surface area contributed by atoms with Gasteiger partial charge in [0.15, 0.2) is 0 Å². The van der Waals surface area contributed by atoms with Crippen molar-refractivity contribution < 1.29 is 14.4 Å². The molecule has 2 rings (SSSR count). The SMILES string of the molecule is CCCCCCCC(=O)N1CCN(C(=O)C(NC(=O)Nc2ccc(SC)cc2)C(C)CC)CC1C. The van der Waals surface area contributed by atoms with Gasteiger partial charge in [0.2, 0.25) is 11.8 Å². The van der Waals surface area contributed by atoms with Gasteiger partial charge in [-0.05, 0) is 49.8 Å². The maximum absolute atomic E-state index is 13.4. The lowest BCUT2D eigenvalue weighted by molar-refractivity contribution is -0.144. The minimum absolute atomic E-state index is 0.00907. The van der Waals surface area contributed by atoms with Crippen LogP contribution in [0.3, 0.4) is 0 Å². The molecule has 1 heterocycles. The summed E-state index contributed by atoms with van der Waals surface area (Å²) in [4.78, 5) is 43.7. The largest absolute Gasteiger partial charge is 0.337 e. The molecule has 1 fully saturated rings. The van der Waals surface area contributed by atoms with Crippen LogP contribution in [0.1, 0.15) is 72.6 Å². The Morgan fingerprint density at radius 2 is 1.74 bits per heavy atom. The van der Waals surface area contributed by atoms with Crippen LogP contribution >= 0.6 is 11.8 Å². The second-order valence-electron chi connectivity index (χ2n) is 9.57. The predicted octanol–water partition coefficient (Wildman–Crippen LogP) is 5.36. The number of hydrogen-bond acceptors (Lipinski definition) is 4. The van der Waals surface area contributed by atoms with Gasteiger partial charge in [-0.2, -0.15) is 0 Å². The average molecular weight is 505 g/mol. The van der Waals surface area contributed by atoms with E-state index in [1.165, 1.54) is 19.3 Å². The zero-order valence-corrected chi connectivity index (χ0v) is 23.0. The van der Waals surface area contributed by atoms with Crippen molar-refractivity contribution in [2.75, 3.05) is 31.2 Å². The lowest BCUT2D eigenvalue weighted by atomic mass is 9.97. The molecule has 0 saturated carbocycles. The van der Waals surface area contributed by atoms with E-state index in [4.69, 9.17) is 0 Å². The summed E-state index contributed by atoms with van der Waals surface area (Å²) >= 11 is 1.64. The van der Waals surface area contributed by atoms with Gasteiger partial charge in [0.05, 0.1) is 0 Å². The molecule has 4 amide bonds. The van der Waals surface area contributed by atoms with Crippen LogP contribution in [0.5, 0.6) is 0 Å². The van der Waals surface area contributed by atoms with Crippen molar-refractivity contribution in [1.82, 2.24) is 15.1 Å².